The lowest BCUT2D eigenvalue weighted by molar-refractivity contribution is -0.118. The van der Waals surface area contributed by atoms with E-state index in [-0.39, 0.29) is 17.2 Å². The maximum absolute atomic E-state index is 12.2. The number of benzene rings is 1. The smallest absolute Gasteiger partial charge is 0.262 e. The summed E-state index contributed by atoms with van der Waals surface area (Å²) in [6, 6.07) is 9.07. The molecule has 3 aromatic rings. The van der Waals surface area contributed by atoms with Gasteiger partial charge in [0.1, 0.15) is 4.83 Å². The Morgan fingerprint density at radius 3 is 2.83 bits per heavy atom. The van der Waals surface area contributed by atoms with E-state index in [4.69, 9.17) is 11.6 Å². The van der Waals surface area contributed by atoms with Crippen LogP contribution in [0.2, 0.25) is 5.02 Å². The number of nitrogens with zero attached hydrogens (tertiary/aromatic N) is 2. The predicted molar refractivity (Wildman–Crippen MR) is 98.9 cm³/mol. The standard InChI is InChI=1S/C16H14ClN3O2S2/c1-20-15(22)12-6-7-23-14(12)19-16(20)24-9-13(21)18-8-10-2-4-11(17)5-3-10/h2-7H,8-9H2,1H3,(H,18,21). The van der Waals surface area contributed by atoms with Crippen molar-refractivity contribution in [1.82, 2.24) is 14.9 Å². The molecule has 0 aliphatic rings. The van der Waals surface area contributed by atoms with Crippen molar-refractivity contribution < 1.29 is 4.79 Å². The van der Waals surface area contributed by atoms with Crippen molar-refractivity contribution >= 4 is 50.8 Å². The third-order valence-corrected chi connectivity index (χ3v) is 5.49. The summed E-state index contributed by atoms with van der Waals surface area (Å²) in [6.07, 6.45) is 0. The van der Waals surface area contributed by atoms with Crippen molar-refractivity contribution in [2.24, 2.45) is 7.05 Å². The van der Waals surface area contributed by atoms with Gasteiger partial charge in [0.05, 0.1) is 11.1 Å². The molecule has 0 aliphatic carbocycles. The quantitative estimate of drug-likeness (QED) is 0.546. The van der Waals surface area contributed by atoms with Crippen molar-refractivity contribution in [2.45, 2.75) is 11.7 Å². The van der Waals surface area contributed by atoms with Crippen molar-refractivity contribution in [2.75, 3.05) is 5.75 Å². The highest BCUT2D eigenvalue weighted by Gasteiger charge is 2.11. The van der Waals surface area contributed by atoms with Crippen molar-refractivity contribution in [3.05, 3.63) is 56.7 Å². The molecule has 1 amide bonds. The highest BCUT2D eigenvalue weighted by Crippen LogP contribution is 2.20. The number of carbonyl (C=O) groups excluding carboxylic acids is 1. The van der Waals surface area contributed by atoms with Crippen molar-refractivity contribution in [3.8, 4) is 0 Å². The van der Waals surface area contributed by atoms with Crippen LogP contribution in [0.1, 0.15) is 5.56 Å². The fourth-order valence-corrected chi connectivity index (χ4v) is 3.83. The zero-order valence-corrected chi connectivity index (χ0v) is 15.2. The molecular weight excluding hydrogens is 366 g/mol. The number of hydrogen-bond acceptors (Lipinski definition) is 5. The molecule has 1 aromatic carbocycles. The third kappa shape index (κ3) is 3.80. The minimum Gasteiger partial charge on any atom is -0.351 e. The fourth-order valence-electron chi connectivity index (χ4n) is 2.09. The highest BCUT2D eigenvalue weighted by molar-refractivity contribution is 7.99. The van der Waals surface area contributed by atoms with Gasteiger partial charge in [0, 0.05) is 18.6 Å². The normalized spacial score (nSPS) is 10.9. The second kappa shape index (κ2) is 7.38. The van der Waals surface area contributed by atoms with Crippen LogP contribution >= 0.6 is 34.7 Å². The molecule has 0 atom stereocenters. The van der Waals surface area contributed by atoms with E-state index in [9.17, 15) is 9.59 Å². The number of halogens is 1. The molecule has 0 unspecified atom stereocenters. The van der Waals surface area contributed by atoms with Crippen LogP contribution < -0.4 is 10.9 Å². The Kier molecular flexibility index (Phi) is 5.23. The number of nitrogens with one attached hydrogen (secondary N) is 1. The number of hydrogen-bond donors (Lipinski definition) is 1. The number of aromatic nitrogens is 2. The van der Waals surface area contributed by atoms with Crippen LogP contribution in [-0.2, 0) is 18.4 Å². The Bertz CT molecular complexity index is 935. The van der Waals surface area contributed by atoms with Crippen LogP contribution in [0.15, 0.2) is 45.7 Å². The number of thioether (sulfide) groups is 1. The van der Waals surface area contributed by atoms with Crippen LogP contribution in [0, 0.1) is 0 Å². The topological polar surface area (TPSA) is 64.0 Å². The summed E-state index contributed by atoms with van der Waals surface area (Å²) in [6.45, 7) is 0.437. The molecule has 0 saturated heterocycles. The largest absolute Gasteiger partial charge is 0.351 e. The first-order valence-electron chi connectivity index (χ1n) is 7.13. The summed E-state index contributed by atoms with van der Waals surface area (Å²) in [5.41, 5.74) is 0.883. The lowest BCUT2D eigenvalue weighted by Crippen LogP contribution is -2.25. The maximum atomic E-state index is 12.2. The van der Waals surface area contributed by atoms with E-state index < -0.39 is 0 Å². The molecule has 24 heavy (non-hydrogen) atoms. The molecule has 0 saturated carbocycles. The highest BCUT2D eigenvalue weighted by atomic mass is 35.5. The third-order valence-electron chi connectivity index (χ3n) is 3.40. The Hall–Kier alpha value is -1.83. The molecule has 0 aliphatic heterocycles. The van der Waals surface area contributed by atoms with E-state index >= 15 is 0 Å². The maximum Gasteiger partial charge on any atom is 0.262 e. The zero-order valence-electron chi connectivity index (χ0n) is 12.8. The molecule has 2 heterocycles. The van der Waals surface area contributed by atoms with Crippen LogP contribution in [0.25, 0.3) is 10.2 Å². The van der Waals surface area contributed by atoms with Gasteiger partial charge in [0.15, 0.2) is 5.16 Å². The molecule has 3 rings (SSSR count). The molecule has 2 aromatic heterocycles. The summed E-state index contributed by atoms with van der Waals surface area (Å²) in [5, 5.41) is 6.49. The van der Waals surface area contributed by atoms with Gasteiger partial charge in [-0.3, -0.25) is 14.2 Å². The summed E-state index contributed by atoms with van der Waals surface area (Å²) in [4.78, 5) is 29.3. The number of rotatable bonds is 5. The van der Waals surface area contributed by atoms with E-state index in [1.165, 1.54) is 27.7 Å². The predicted octanol–water partition coefficient (Wildman–Crippen LogP) is 3.06. The van der Waals surface area contributed by atoms with Gasteiger partial charge in [0.25, 0.3) is 5.56 Å². The first kappa shape index (κ1) is 17.0. The van der Waals surface area contributed by atoms with Gasteiger partial charge in [-0.25, -0.2) is 4.98 Å². The Morgan fingerprint density at radius 1 is 1.33 bits per heavy atom. The molecule has 8 heteroatoms. The SMILES string of the molecule is Cn1c(SCC(=O)NCc2ccc(Cl)cc2)nc2sccc2c1=O. The number of carbonyl (C=O) groups is 1. The summed E-state index contributed by atoms with van der Waals surface area (Å²) < 4.78 is 1.48. The molecule has 1 N–H and O–H groups in total. The number of fused-ring (bicyclic) bond motifs is 1. The van der Waals surface area contributed by atoms with E-state index in [1.807, 2.05) is 17.5 Å². The van der Waals surface area contributed by atoms with Crippen LogP contribution in [-0.4, -0.2) is 21.2 Å². The monoisotopic (exact) mass is 379 g/mol. The lowest BCUT2D eigenvalue weighted by Gasteiger charge is -2.08. The first-order valence-corrected chi connectivity index (χ1v) is 9.37. The lowest BCUT2D eigenvalue weighted by atomic mass is 10.2. The number of thiophene rings is 1. The van der Waals surface area contributed by atoms with Crippen molar-refractivity contribution in [1.29, 1.82) is 0 Å². The second-order valence-electron chi connectivity index (χ2n) is 5.09. The van der Waals surface area contributed by atoms with Gasteiger partial charge in [-0.2, -0.15) is 0 Å². The molecule has 0 spiro atoms. The minimum atomic E-state index is -0.115. The summed E-state index contributed by atoms with van der Waals surface area (Å²) in [7, 11) is 1.67. The fraction of sp³-hybridized carbons (Fsp3) is 0.188. The molecule has 0 fully saturated rings. The van der Waals surface area contributed by atoms with Crippen molar-refractivity contribution in [3.63, 3.8) is 0 Å². The summed E-state index contributed by atoms with van der Waals surface area (Å²) in [5.74, 6) is 0.0839. The zero-order chi connectivity index (χ0) is 17.1. The van der Waals surface area contributed by atoms with Crippen LogP contribution in [0.5, 0.6) is 0 Å². The van der Waals surface area contributed by atoms with Gasteiger partial charge >= 0.3 is 0 Å². The summed E-state index contributed by atoms with van der Waals surface area (Å²) >= 11 is 8.50. The molecule has 5 nitrogen and oxygen atoms in total. The average Bonchev–Trinajstić information content (AvgIpc) is 3.05. The van der Waals surface area contributed by atoms with E-state index in [1.54, 1.807) is 25.2 Å². The Morgan fingerprint density at radius 2 is 2.08 bits per heavy atom. The van der Waals surface area contributed by atoms with Gasteiger partial charge in [-0.1, -0.05) is 35.5 Å². The molecule has 0 bridgehead atoms. The molecule has 124 valence electrons. The van der Waals surface area contributed by atoms with Gasteiger partial charge < -0.3 is 5.32 Å². The molecule has 0 radical (unpaired) electrons. The number of amides is 1. The van der Waals surface area contributed by atoms with Gasteiger partial charge in [-0.05, 0) is 29.1 Å². The first-order chi connectivity index (χ1) is 11.5. The average molecular weight is 380 g/mol. The van der Waals surface area contributed by atoms with E-state index in [0.29, 0.717) is 26.9 Å². The second-order valence-corrected chi connectivity index (χ2v) is 7.36. The minimum absolute atomic E-state index is 0.0923. The van der Waals surface area contributed by atoms with Crippen LogP contribution in [0.4, 0.5) is 0 Å². The van der Waals surface area contributed by atoms with Gasteiger partial charge in [-0.15, -0.1) is 11.3 Å². The Balaban J connectivity index is 1.61. The van der Waals surface area contributed by atoms with E-state index in [2.05, 4.69) is 10.3 Å². The van der Waals surface area contributed by atoms with E-state index in [0.717, 1.165) is 5.56 Å². The van der Waals surface area contributed by atoms with Crippen LogP contribution in [0.3, 0.4) is 0 Å². The van der Waals surface area contributed by atoms with Gasteiger partial charge in [0.2, 0.25) is 5.91 Å². The molecular formula is C16H14ClN3O2S2. The Labute approximate surface area is 151 Å².